The van der Waals surface area contributed by atoms with Gasteiger partial charge in [0.15, 0.2) is 16.8 Å². The molecule has 5 nitrogen and oxygen atoms in total. The van der Waals surface area contributed by atoms with Crippen LogP contribution in [0.15, 0.2) is 53.7 Å². The molecular formula is C21H19FN4OS. The van der Waals surface area contributed by atoms with Crippen molar-refractivity contribution >= 4 is 28.4 Å². The summed E-state index contributed by atoms with van der Waals surface area (Å²) in [5, 5.41) is 9.41. The summed E-state index contributed by atoms with van der Waals surface area (Å²) < 4.78 is 15.8. The lowest BCUT2D eigenvalue weighted by Crippen LogP contribution is -2.15. The maximum absolute atomic E-state index is 14.1. The molecule has 0 unspecified atom stereocenters. The Morgan fingerprint density at radius 2 is 1.86 bits per heavy atom. The smallest absolute Gasteiger partial charge is 0.191 e. The largest absolute Gasteiger partial charge is 0.358 e. The fourth-order valence-corrected chi connectivity index (χ4v) is 4.18. The van der Waals surface area contributed by atoms with Gasteiger partial charge in [0.25, 0.3) is 0 Å². The number of aromatic nitrogens is 4. The van der Waals surface area contributed by atoms with E-state index in [4.69, 9.17) is 0 Å². The van der Waals surface area contributed by atoms with Crippen LogP contribution in [-0.4, -0.2) is 30.8 Å². The molecule has 0 aliphatic carbocycles. The SMILES string of the molecule is Cc1[nH]c2ccccc2c1C(=O)[C@H](C)Sc1nnc(-c2ccccc2F)n1C. The van der Waals surface area contributed by atoms with Crippen LogP contribution in [0.2, 0.25) is 0 Å². The monoisotopic (exact) mass is 394 g/mol. The van der Waals surface area contributed by atoms with E-state index >= 15 is 0 Å². The van der Waals surface area contributed by atoms with Gasteiger partial charge >= 0.3 is 0 Å². The van der Waals surface area contributed by atoms with Crippen LogP contribution in [0.5, 0.6) is 0 Å². The van der Waals surface area contributed by atoms with Crippen LogP contribution in [0.3, 0.4) is 0 Å². The first-order valence-corrected chi connectivity index (χ1v) is 9.77. The van der Waals surface area contributed by atoms with Gasteiger partial charge in [-0.15, -0.1) is 10.2 Å². The average molecular weight is 394 g/mol. The van der Waals surface area contributed by atoms with E-state index in [1.165, 1.54) is 17.8 Å². The van der Waals surface area contributed by atoms with E-state index in [2.05, 4.69) is 15.2 Å². The van der Waals surface area contributed by atoms with Crippen LogP contribution in [-0.2, 0) is 7.05 Å². The molecule has 2 heterocycles. The van der Waals surface area contributed by atoms with Crippen LogP contribution in [0.4, 0.5) is 4.39 Å². The van der Waals surface area contributed by atoms with Crippen molar-refractivity contribution in [3.8, 4) is 11.4 Å². The Morgan fingerprint density at radius 3 is 2.64 bits per heavy atom. The molecule has 0 radical (unpaired) electrons. The number of para-hydroxylation sites is 1. The van der Waals surface area contributed by atoms with Gasteiger partial charge in [-0.3, -0.25) is 4.79 Å². The summed E-state index contributed by atoms with van der Waals surface area (Å²) in [6.07, 6.45) is 0. The second-order valence-corrected chi connectivity index (χ2v) is 7.95. The van der Waals surface area contributed by atoms with E-state index in [0.29, 0.717) is 22.1 Å². The van der Waals surface area contributed by atoms with Crippen LogP contribution in [0.25, 0.3) is 22.3 Å². The average Bonchev–Trinajstić information content (AvgIpc) is 3.21. The summed E-state index contributed by atoms with van der Waals surface area (Å²) in [6.45, 7) is 3.76. The van der Waals surface area contributed by atoms with Crippen molar-refractivity contribution < 1.29 is 9.18 Å². The van der Waals surface area contributed by atoms with Gasteiger partial charge < -0.3 is 9.55 Å². The number of carbonyl (C=O) groups excluding carboxylic acids is 1. The van der Waals surface area contributed by atoms with Gasteiger partial charge in [0, 0.05) is 29.2 Å². The number of aryl methyl sites for hydroxylation is 1. The topological polar surface area (TPSA) is 63.6 Å². The fraction of sp³-hybridized carbons (Fsp3) is 0.190. The number of Topliss-reactive ketones (excluding diaryl/α,β-unsaturated/α-hetero) is 1. The number of carbonyl (C=O) groups is 1. The molecule has 4 rings (SSSR count). The van der Waals surface area contributed by atoms with E-state index in [0.717, 1.165) is 16.6 Å². The number of benzene rings is 2. The number of nitrogens with zero attached hydrogens (tertiary/aromatic N) is 3. The van der Waals surface area contributed by atoms with Crippen molar-refractivity contribution in [3.05, 3.63) is 65.6 Å². The van der Waals surface area contributed by atoms with E-state index < -0.39 is 0 Å². The number of aromatic amines is 1. The number of rotatable bonds is 5. The lowest BCUT2D eigenvalue weighted by atomic mass is 10.1. The lowest BCUT2D eigenvalue weighted by Gasteiger charge is -2.10. The summed E-state index contributed by atoms with van der Waals surface area (Å²) in [5.74, 6) is 0.104. The highest BCUT2D eigenvalue weighted by Gasteiger charge is 2.24. The molecule has 4 aromatic rings. The predicted molar refractivity (Wildman–Crippen MR) is 109 cm³/mol. The van der Waals surface area contributed by atoms with Gasteiger partial charge in [-0.25, -0.2) is 4.39 Å². The van der Waals surface area contributed by atoms with Gasteiger partial charge in [-0.2, -0.15) is 0 Å². The molecule has 0 spiro atoms. The fourth-order valence-electron chi connectivity index (χ4n) is 3.30. The number of thioether (sulfide) groups is 1. The first-order chi connectivity index (χ1) is 13.5. The molecule has 0 aliphatic rings. The third-order valence-corrected chi connectivity index (χ3v) is 5.88. The first-order valence-electron chi connectivity index (χ1n) is 8.90. The summed E-state index contributed by atoms with van der Waals surface area (Å²) in [6, 6.07) is 14.2. The van der Waals surface area contributed by atoms with E-state index in [9.17, 15) is 9.18 Å². The molecule has 142 valence electrons. The van der Waals surface area contributed by atoms with Gasteiger partial charge in [0.05, 0.1) is 10.8 Å². The quantitative estimate of drug-likeness (QED) is 0.391. The minimum atomic E-state index is -0.366. The number of hydrogen-bond acceptors (Lipinski definition) is 4. The van der Waals surface area contributed by atoms with Crippen molar-refractivity contribution in [1.82, 2.24) is 19.7 Å². The molecule has 1 atom stereocenters. The van der Waals surface area contributed by atoms with Crippen LogP contribution in [0.1, 0.15) is 23.0 Å². The van der Waals surface area contributed by atoms with Gasteiger partial charge in [0.2, 0.25) is 0 Å². The van der Waals surface area contributed by atoms with Gasteiger partial charge in [0.1, 0.15) is 5.82 Å². The minimum Gasteiger partial charge on any atom is -0.358 e. The zero-order valence-corrected chi connectivity index (χ0v) is 16.5. The third-order valence-electron chi connectivity index (χ3n) is 4.74. The summed E-state index contributed by atoms with van der Waals surface area (Å²) >= 11 is 1.32. The second-order valence-electron chi connectivity index (χ2n) is 6.64. The summed E-state index contributed by atoms with van der Waals surface area (Å²) in [4.78, 5) is 16.4. The molecule has 0 aliphatic heterocycles. The van der Waals surface area contributed by atoms with Crippen LogP contribution in [0, 0.1) is 12.7 Å². The highest BCUT2D eigenvalue weighted by Crippen LogP contribution is 2.31. The minimum absolute atomic E-state index is 0.0235. The molecular weight excluding hydrogens is 375 g/mol. The number of nitrogens with one attached hydrogen (secondary N) is 1. The molecule has 0 bridgehead atoms. The van der Waals surface area contributed by atoms with Crippen molar-refractivity contribution in [2.45, 2.75) is 24.3 Å². The Morgan fingerprint density at radius 1 is 1.14 bits per heavy atom. The van der Waals surface area contributed by atoms with Gasteiger partial charge in [-0.1, -0.05) is 42.1 Å². The van der Waals surface area contributed by atoms with Crippen LogP contribution < -0.4 is 0 Å². The zero-order valence-electron chi connectivity index (χ0n) is 15.7. The normalized spacial score (nSPS) is 12.4. The molecule has 2 aromatic carbocycles. The summed E-state index contributed by atoms with van der Waals surface area (Å²) in [5.41, 5.74) is 2.88. The Hall–Kier alpha value is -2.93. The van der Waals surface area contributed by atoms with Crippen molar-refractivity contribution in [1.29, 1.82) is 0 Å². The number of halogens is 1. The summed E-state index contributed by atoms with van der Waals surface area (Å²) in [7, 11) is 1.78. The standard InChI is InChI=1S/C21H19FN4OS/c1-12-18(15-9-5-7-11-17(15)23-12)19(27)13(2)28-21-25-24-20(26(21)3)14-8-4-6-10-16(14)22/h4-11,13,23H,1-3H3/t13-/m0/s1. The first kappa shape index (κ1) is 18.4. The molecule has 0 saturated heterocycles. The highest BCUT2D eigenvalue weighted by molar-refractivity contribution is 8.00. The number of fused-ring (bicyclic) bond motifs is 1. The molecule has 7 heteroatoms. The Labute approximate surface area is 166 Å². The van der Waals surface area contributed by atoms with Crippen molar-refractivity contribution in [2.24, 2.45) is 7.05 Å². The third kappa shape index (κ3) is 3.11. The van der Waals surface area contributed by atoms with Gasteiger partial charge in [-0.05, 0) is 32.0 Å². The maximum atomic E-state index is 14.1. The lowest BCUT2D eigenvalue weighted by molar-refractivity contribution is 0.0995. The predicted octanol–water partition coefficient (Wildman–Crippen LogP) is 4.77. The van der Waals surface area contributed by atoms with E-state index in [1.54, 1.807) is 29.8 Å². The molecule has 2 aromatic heterocycles. The molecule has 0 fully saturated rings. The van der Waals surface area contributed by atoms with Crippen molar-refractivity contribution in [2.75, 3.05) is 0 Å². The zero-order chi connectivity index (χ0) is 19.8. The number of H-pyrrole nitrogens is 1. The number of ketones is 1. The molecule has 28 heavy (non-hydrogen) atoms. The highest BCUT2D eigenvalue weighted by atomic mass is 32.2. The Bertz CT molecular complexity index is 1180. The van der Waals surface area contributed by atoms with Crippen LogP contribution >= 0.6 is 11.8 Å². The van der Waals surface area contributed by atoms with E-state index in [1.807, 2.05) is 38.1 Å². The maximum Gasteiger partial charge on any atom is 0.191 e. The van der Waals surface area contributed by atoms with E-state index in [-0.39, 0.29) is 16.9 Å². The molecule has 0 amide bonds. The Kier molecular flexibility index (Phi) is 4.77. The molecule has 1 N–H and O–H groups in total. The second kappa shape index (κ2) is 7.24. The number of hydrogen-bond donors (Lipinski definition) is 1. The Balaban J connectivity index is 1.62. The van der Waals surface area contributed by atoms with Crippen molar-refractivity contribution in [3.63, 3.8) is 0 Å². The molecule has 0 saturated carbocycles.